The minimum absolute atomic E-state index is 0.746. The molecule has 1 aromatic carbocycles. The lowest BCUT2D eigenvalue weighted by molar-refractivity contribution is 0.415. The number of hydrogen-bond acceptors (Lipinski definition) is 4. The molecule has 136 valence electrons. The van der Waals surface area contributed by atoms with E-state index in [2.05, 4.69) is 19.1 Å². The van der Waals surface area contributed by atoms with Crippen LogP contribution in [0.4, 0.5) is 0 Å². The average molecular weight is 375 g/mol. The summed E-state index contributed by atoms with van der Waals surface area (Å²) < 4.78 is 11.2. The molecule has 1 atom stereocenters. The van der Waals surface area contributed by atoms with E-state index in [4.69, 9.17) is 14.1 Å². The summed E-state index contributed by atoms with van der Waals surface area (Å²) in [4.78, 5) is 7.65. The van der Waals surface area contributed by atoms with E-state index in [9.17, 15) is 0 Å². The third-order valence-electron chi connectivity index (χ3n) is 5.42. The van der Waals surface area contributed by atoms with Gasteiger partial charge in [0.2, 0.25) is 0 Å². The fourth-order valence-corrected chi connectivity index (χ4v) is 5.41. The molecule has 1 aliphatic carbocycles. The van der Waals surface area contributed by atoms with Gasteiger partial charge in [0.15, 0.2) is 0 Å². The monoisotopic (exact) mass is 375 g/mol. The lowest BCUT2D eigenvalue weighted by Gasteiger charge is -2.18. The molecular formula is C23H21NO2S. The first-order chi connectivity index (χ1) is 13.2. The molecule has 27 heavy (non-hydrogen) atoms. The van der Waals surface area contributed by atoms with E-state index < -0.39 is 0 Å². The maximum Gasteiger partial charge on any atom is 0.134 e. The predicted octanol–water partition coefficient (Wildman–Crippen LogP) is 6.36. The molecule has 3 heterocycles. The molecule has 0 spiro atoms. The van der Waals surface area contributed by atoms with Gasteiger partial charge in [-0.3, -0.25) is 0 Å². The Kier molecular flexibility index (Phi) is 4.01. The number of ether oxygens (including phenoxy) is 1. The molecule has 4 aromatic rings. The minimum Gasteiger partial charge on any atom is -0.497 e. The lowest BCUT2D eigenvalue weighted by Crippen LogP contribution is -2.08. The van der Waals surface area contributed by atoms with Crippen molar-refractivity contribution in [3.8, 4) is 28.3 Å². The zero-order chi connectivity index (χ0) is 18.4. The van der Waals surface area contributed by atoms with E-state index >= 15 is 0 Å². The number of fused-ring (bicyclic) bond motifs is 3. The van der Waals surface area contributed by atoms with Gasteiger partial charge in [0.1, 0.15) is 16.3 Å². The van der Waals surface area contributed by atoms with Gasteiger partial charge in [0, 0.05) is 21.4 Å². The van der Waals surface area contributed by atoms with Crippen molar-refractivity contribution in [2.24, 2.45) is 5.92 Å². The predicted molar refractivity (Wildman–Crippen MR) is 110 cm³/mol. The highest BCUT2D eigenvalue weighted by molar-refractivity contribution is 7.19. The molecule has 0 radical (unpaired) electrons. The largest absolute Gasteiger partial charge is 0.497 e. The number of pyridine rings is 1. The topological polar surface area (TPSA) is 35.3 Å². The summed E-state index contributed by atoms with van der Waals surface area (Å²) in [5, 5.41) is 1.28. The Morgan fingerprint density at radius 3 is 2.93 bits per heavy atom. The van der Waals surface area contributed by atoms with Gasteiger partial charge in [-0.25, -0.2) is 4.98 Å². The van der Waals surface area contributed by atoms with Crippen LogP contribution in [0.15, 0.2) is 53.1 Å². The average Bonchev–Trinajstić information content (AvgIpc) is 3.34. The molecule has 1 unspecified atom stereocenters. The standard InChI is InChI=1S/C23H21NO2S/c1-14-8-9-17-21(11-14)27-23-22(17)18(20-7-4-10-26-20)13-19(24-23)15-5-3-6-16(12-15)25-2/h3-7,10,12-14H,8-9,11H2,1-2H3. The quantitative estimate of drug-likeness (QED) is 0.418. The highest BCUT2D eigenvalue weighted by Crippen LogP contribution is 2.43. The molecule has 3 nitrogen and oxygen atoms in total. The Hall–Kier alpha value is -2.59. The number of hydrogen-bond donors (Lipinski definition) is 0. The molecule has 0 amide bonds. The normalized spacial score (nSPS) is 16.4. The first-order valence-corrected chi connectivity index (χ1v) is 10.2. The first-order valence-electron chi connectivity index (χ1n) is 9.36. The third-order valence-corrected chi connectivity index (χ3v) is 6.57. The zero-order valence-corrected chi connectivity index (χ0v) is 16.3. The van der Waals surface area contributed by atoms with Crippen LogP contribution in [-0.2, 0) is 12.8 Å². The SMILES string of the molecule is COc1cccc(-c2cc(-c3ccco3)c3c4c(sc3n2)CC(C)CC4)c1. The van der Waals surface area contributed by atoms with Gasteiger partial charge < -0.3 is 9.15 Å². The van der Waals surface area contributed by atoms with E-state index in [0.717, 1.165) is 51.9 Å². The summed E-state index contributed by atoms with van der Waals surface area (Å²) in [6.07, 6.45) is 5.27. The van der Waals surface area contributed by atoms with Crippen LogP contribution in [0.2, 0.25) is 0 Å². The van der Waals surface area contributed by atoms with Gasteiger partial charge in [-0.15, -0.1) is 11.3 Å². The molecule has 0 N–H and O–H groups in total. The van der Waals surface area contributed by atoms with Crippen LogP contribution in [-0.4, -0.2) is 12.1 Å². The number of furan rings is 1. The fraction of sp³-hybridized carbons (Fsp3) is 0.261. The van der Waals surface area contributed by atoms with Gasteiger partial charge in [-0.05, 0) is 61.1 Å². The second-order valence-corrected chi connectivity index (χ2v) is 8.38. The molecule has 5 rings (SSSR count). The Morgan fingerprint density at radius 2 is 2.11 bits per heavy atom. The van der Waals surface area contributed by atoms with Crippen LogP contribution in [0.5, 0.6) is 5.75 Å². The number of benzene rings is 1. The van der Waals surface area contributed by atoms with Gasteiger partial charge >= 0.3 is 0 Å². The molecule has 0 bridgehead atoms. The van der Waals surface area contributed by atoms with Crippen LogP contribution < -0.4 is 4.74 Å². The van der Waals surface area contributed by atoms with Crippen molar-refractivity contribution in [3.05, 3.63) is 59.2 Å². The van der Waals surface area contributed by atoms with Gasteiger partial charge in [0.05, 0.1) is 19.1 Å². The fourth-order valence-electron chi connectivity index (χ4n) is 4.00. The molecule has 0 saturated carbocycles. The lowest BCUT2D eigenvalue weighted by atomic mass is 9.88. The second-order valence-electron chi connectivity index (χ2n) is 7.30. The maximum absolute atomic E-state index is 5.80. The Balaban J connectivity index is 1.77. The highest BCUT2D eigenvalue weighted by atomic mass is 32.1. The van der Waals surface area contributed by atoms with Gasteiger partial charge in [-0.1, -0.05) is 19.1 Å². The molecule has 1 aliphatic rings. The van der Waals surface area contributed by atoms with Crippen LogP contribution in [0.1, 0.15) is 23.8 Å². The van der Waals surface area contributed by atoms with Crippen LogP contribution in [0.3, 0.4) is 0 Å². The third kappa shape index (κ3) is 2.85. The molecule has 0 aliphatic heterocycles. The summed E-state index contributed by atoms with van der Waals surface area (Å²) in [5.74, 6) is 2.49. The summed E-state index contributed by atoms with van der Waals surface area (Å²) in [6, 6.07) is 14.2. The van der Waals surface area contributed by atoms with E-state index in [1.165, 1.54) is 22.2 Å². The summed E-state index contributed by atoms with van der Waals surface area (Å²) in [7, 11) is 1.69. The van der Waals surface area contributed by atoms with Gasteiger partial charge in [0.25, 0.3) is 0 Å². The number of thiophene rings is 1. The summed E-state index contributed by atoms with van der Waals surface area (Å²) in [6.45, 7) is 2.34. The van der Waals surface area contributed by atoms with Gasteiger partial charge in [-0.2, -0.15) is 0 Å². The van der Waals surface area contributed by atoms with Crippen LogP contribution in [0, 0.1) is 5.92 Å². The van der Waals surface area contributed by atoms with Crippen molar-refractivity contribution >= 4 is 21.6 Å². The number of aromatic nitrogens is 1. The number of nitrogens with zero attached hydrogens (tertiary/aromatic N) is 1. The Morgan fingerprint density at radius 1 is 1.19 bits per heavy atom. The van der Waals surface area contributed by atoms with E-state index in [-0.39, 0.29) is 0 Å². The number of rotatable bonds is 3. The molecule has 4 heteroatoms. The number of aryl methyl sites for hydroxylation is 1. The number of methoxy groups -OCH3 is 1. The second kappa shape index (κ2) is 6.54. The van der Waals surface area contributed by atoms with Crippen LogP contribution in [0.25, 0.3) is 32.8 Å². The molecule has 0 saturated heterocycles. The Labute approximate surface area is 162 Å². The van der Waals surface area contributed by atoms with E-state index in [1.54, 1.807) is 13.4 Å². The smallest absolute Gasteiger partial charge is 0.134 e. The molecule has 3 aromatic heterocycles. The minimum atomic E-state index is 0.746. The Bertz CT molecular complexity index is 1110. The maximum atomic E-state index is 5.80. The van der Waals surface area contributed by atoms with Crippen molar-refractivity contribution in [2.75, 3.05) is 7.11 Å². The first kappa shape index (κ1) is 16.6. The summed E-state index contributed by atoms with van der Waals surface area (Å²) >= 11 is 1.85. The molecular weight excluding hydrogens is 354 g/mol. The highest BCUT2D eigenvalue weighted by Gasteiger charge is 2.24. The van der Waals surface area contributed by atoms with Crippen LogP contribution >= 0.6 is 11.3 Å². The molecule has 0 fully saturated rings. The van der Waals surface area contributed by atoms with Crippen molar-refractivity contribution < 1.29 is 9.15 Å². The van der Waals surface area contributed by atoms with E-state index in [0.29, 0.717) is 0 Å². The summed E-state index contributed by atoms with van der Waals surface area (Å²) in [5.41, 5.74) is 4.64. The van der Waals surface area contributed by atoms with Crippen molar-refractivity contribution in [3.63, 3.8) is 0 Å². The van der Waals surface area contributed by atoms with E-state index in [1.807, 2.05) is 41.7 Å². The van der Waals surface area contributed by atoms with Crippen molar-refractivity contribution in [1.29, 1.82) is 0 Å². The van der Waals surface area contributed by atoms with Crippen molar-refractivity contribution in [2.45, 2.75) is 26.2 Å². The zero-order valence-electron chi connectivity index (χ0n) is 15.5. The van der Waals surface area contributed by atoms with Crippen molar-refractivity contribution in [1.82, 2.24) is 4.98 Å².